The predicted molar refractivity (Wildman–Crippen MR) is 228 cm³/mol. The maximum Gasteiger partial charge on any atom is 0.260 e. The fourth-order valence-electron chi connectivity index (χ4n) is 8.89. The third kappa shape index (κ3) is 7.11. The van der Waals surface area contributed by atoms with E-state index in [4.69, 9.17) is 14.2 Å². The molecule has 2 amide bonds. The summed E-state index contributed by atoms with van der Waals surface area (Å²) < 4.78 is 20.7. The minimum Gasteiger partial charge on any atom is -0.493 e. The fraction of sp³-hybridized carbons (Fsp3) is 0.306. The maximum absolute atomic E-state index is 14.1. The molecule has 4 aliphatic heterocycles. The molecule has 0 fully saturated rings. The number of ketones is 1. The quantitative estimate of drug-likeness (QED) is 0.107. The van der Waals surface area contributed by atoms with Crippen LogP contribution in [0.1, 0.15) is 74.4 Å². The summed E-state index contributed by atoms with van der Waals surface area (Å²) in [5.41, 5.74) is 10.5. The van der Waals surface area contributed by atoms with Crippen molar-refractivity contribution in [1.82, 2.24) is 0 Å². The van der Waals surface area contributed by atoms with Crippen LogP contribution in [0.5, 0.6) is 17.2 Å². The molecule has 0 aliphatic carbocycles. The normalized spacial score (nSPS) is 17.4. The smallest absolute Gasteiger partial charge is 0.260 e. The number of anilines is 3. The first-order valence-corrected chi connectivity index (χ1v) is 20.4. The first-order chi connectivity index (χ1) is 28.6. The van der Waals surface area contributed by atoms with Gasteiger partial charge in [0.1, 0.15) is 37.5 Å². The van der Waals surface area contributed by atoms with Crippen LogP contribution in [0.15, 0.2) is 91.0 Å². The number of ether oxygens (including phenoxy) is 3. The minimum atomic E-state index is -0.220. The largest absolute Gasteiger partial charge is 0.493 e. The van der Waals surface area contributed by atoms with Crippen molar-refractivity contribution >= 4 is 46.6 Å². The zero-order chi connectivity index (χ0) is 40.9. The Morgan fingerprint density at radius 2 is 1.44 bits per heavy atom. The number of Topliss-reactive ketones (excluding diaryl/α,β-unsaturated/α-hetero) is 1. The Morgan fingerprint density at radius 1 is 0.797 bits per heavy atom. The molecule has 0 radical (unpaired) electrons. The zero-order valence-electron chi connectivity index (χ0n) is 34.1. The van der Waals surface area contributed by atoms with E-state index in [1.807, 2.05) is 96.8 Å². The van der Waals surface area contributed by atoms with Gasteiger partial charge in [-0.05, 0) is 96.0 Å². The van der Waals surface area contributed by atoms with E-state index >= 15 is 0 Å². The Morgan fingerprint density at radius 3 is 2.15 bits per heavy atom. The number of nitrogens with one attached hydrogen (secondary N) is 1. The molecule has 10 heteroatoms. The van der Waals surface area contributed by atoms with Gasteiger partial charge in [-0.3, -0.25) is 14.4 Å². The molecule has 10 nitrogen and oxygen atoms in total. The second-order valence-corrected chi connectivity index (χ2v) is 16.3. The van der Waals surface area contributed by atoms with Crippen LogP contribution in [0.4, 0.5) is 22.7 Å². The monoisotopic (exact) mass is 788 g/mol. The number of amides is 2. The molecule has 4 aliphatic rings. The van der Waals surface area contributed by atoms with Crippen LogP contribution in [0.2, 0.25) is 0 Å². The second kappa shape index (κ2) is 15.4. The first kappa shape index (κ1) is 38.1. The van der Waals surface area contributed by atoms with Gasteiger partial charge in [0.05, 0.1) is 30.1 Å². The maximum atomic E-state index is 14.1. The highest BCUT2D eigenvalue weighted by Crippen LogP contribution is 2.42. The molecule has 0 saturated carbocycles. The average molecular weight is 789 g/mol. The molecule has 9 rings (SSSR count). The summed E-state index contributed by atoms with van der Waals surface area (Å²) in [5, 5.41) is 3.54. The van der Waals surface area contributed by atoms with Gasteiger partial charge < -0.3 is 33.9 Å². The second-order valence-electron chi connectivity index (χ2n) is 16.3. The van der Waals surface area contributed by atoms with Crippen molar-refractivity contribution in [3.8, 4) is 17.2 Å². The zero-order valence-corrected chi connectivity index (χ0v) is 34.1. The van der Waals surface area contributed by atoms with E-state index in [2.05, 4.69) is 41.9 Å². The molecule has 2 atom stereocenters. The van der Waals surface area contributed by atoms with Crippen molar-refractivity contribution in [2.45, 2.75) is 71.8 Å². The van der Waals surface area contributed by atoms with Gasteiger partial charge in [-0.2, -0.15) is 0 Å². The van der Waals surface area contributed by atoms with Crippen molar-refractivity contribution in [1.29, 1.82) is 0 Å². The van der Waals surface area contributed by atoms with Crippen molar-refractivity contribution in [2.24, 2.45) is 5.92 Å². The number of nitrogens with zero attached hydrogens (tertiary/aromatic N) is 3. The average Bonchev–Trinajstić information content (AvgIpc) is 3.73. The molecule has 1 N–H and O–H groups in total. The molecular weight excluding hydrogens is 741 g/mol. The molecule has 4 heterocycles. The number of aryl methyl sites for hydroxylation is 2. The van der Waals surface area contributed by atoms with E-state index in [-0.39, 0.29) is 48.8 Å². The Hall–Kier alpha value is -6.42. The van der Waals surface area contributed by atoms with Crippen molar-refractivity contribution in [2.75, 3.05) is 35.8 Å². The van der Waals surface area contributed by atoms with Gasteiger partial charge in [0.2, 0.25) is 5.91 Å². The van der Waals surface area contributed by atoms with E-state index in [9.17, 15) is 14.4 Å². The summed E-state index contributed by atoms with van der Waals surface area (Å²) in [6, 6.07) is 29.6. The molecular formula is C49H48N4O6. The lowest BCUT2D eigenvalue weighted by Crippen LogP contribution is -2.39. The Bertz CT molecular complexity index is 2560. The van der Waals surface area contributed by atoms with Gasteiger partial charge in [-0.1, -0.05) is 62.4 Å². The van der Waals surface area contributed by atoms with Gasteiger partial charge in [0, 0.05) is 54.1 Å². The van der Waals surface area contributed by atoms with E-state index in [0.29, 0.717) is 59.9 Å². The molecule has 59 heavy (non-hydrogen) atoms. The third-order valence-corrected chi connectivity index (χ3v) is 12.0. The summed E-state index contributed by atoms with van der Waals surface area (Å²) >= 11 is 0. The van der Waals surface area contributed by atoms with E-state index in [0.717, 1.165) is 51.3 Å². The Balaban J connectivity index is 0.964. The fourth-order valence-corrected chi connectivity index (χ4v) is 8.89. The molecule has 0 bridgehead atoms. The van der Waals surface area contributed by atoms with Gasteiger partial charge in [-0.15, -0.1) is 0 Å². The van der Waals surface area contributed by atoms with Crippen molar-refractivity contribution in [3.05, 3.63) is 136 Å². The van der Waals surface area contributed by atoms with Gasteiger partial charge in [-0.25, -0.2) is 0 Å². The number of methoxy groups -OCH3 is 1. The van der Waals surface area contributed by atoms with Crippen LogP contribution in [-0.2, 0) is 37.3 Å². The lowest BCUT2D eigenvalue weighted by atomic mass is 9.98. The van der Waals surface area contributed by atoms with E-state index in [1.54, 1.807) is 13.2 Å². The predicted octanol–water partition coefficient (Wildman–Crippen LogP) is 8.12. The number of hydrogen-bond acceptors (Lipinski definition) is 7. The van der Waals surface area contributed by atoms with Gasteiger partial charge in [0.25, 0.3) is 5.91 Å². The highest BCUT2D eigenvalue weighted by Gasteiger charge is 2.38. The minimum absolute atomic E-state index is 0.00498. The topological polar surface area (TPSA) is 100 Å². The number of para-hydroxylation sites is 2. The highest BCUT2D eigenvalue weighted by atomic mass is 16.5. The third-order valence-electron chi connectivity index (χ3n) is 12.0. The van der Waals surface area contributed by atoms with Crippen LogP contribution in [0.25, 0.3) is 0 Å². The molecule has 300 valence electrons. The summed E-state index contributed by atoms with van der Waals surface area (Å²) in [6.45, 7) is 6.95. The highest BCUT2D eigenvalue weighted by molar-refractivity contribution is 6.14. The molecule has 0 aromatic heterocycles. The number of benzene rings is 5. The van der Waals surface area contributed by atoms with Crippen LogP contribution in [-0.4, -0.2) is 61.2 Å². The Kier molecular flexibility index (Phi) is 9.95. The number of fused-ring (bicyclic) bond motifs is 8. The first-order valence-electron chi connectivity index (χ1n) is 20.4. The summed E-state index contributed by atoms with van der Waals surface area (Å²) in [7, 11) is 3.48. The molecule has 0 spiro atoms. The van der Waals surface area contributed by atoms with Gasteiger partial charge >= 0.3 is 0 Å². The lowest BCUT2D eigenvalue weighted by molar-refractivity contribution is -0.401. The number of rotatable bonds is 11. The van der Waals surface area contributed by atoms with Crippen molar-refractivity contribution in [3.63, 3.8) is 0 Å². The number of carbonyl (C=O) groups is 3. The van der Waals surface area contributed by atoms with E-state index < -0.39 is 0 Å². The van der Waals surface area contributed by atoms with Crippen LogP contribution < -0.4 is 29.3 Å². The molecule has 5 aromatic rings. The Labute approximate surface area is 345 Å². The molecule has 5 aromatic carbocycles. The standard InChI is InChI=1S/C49H48N4O6/c1-29(2)44(54)15-14-31-17-32(27-58-45-23-40-38(16-30(45)3)48(55)52-36(25-50-40)20-34-10-6-8-12-41(34)52)19-33(18-31)28-59-47-24-43-39(22-46(47)57-5)49(56)53-37(26-51(43)4)21-35-11-7-9-13-42(35)53/h6-13,16-19,22-24,29,36-37,50H,14-15,20-21,25,27-28H2,1-5H3/t36-,37-/m0/s1. The van der Waals surface area contributed by atoms with Crippen molar-refractivity contribution < 1.29 is 33.2 Å². The SMILES string of the molecule is COc1cc2c(cc1OCc1cc(CCC(=O)C(C)C)cc(COc3cc4c(cc3C)C(=O)N3c5ccccc5C[C@H]3CN4)c1)[N+](C)=[C-][C@@H]1Cc3ccccc3N1C2=O. The van der Waals surface area contributed by atoms with Crippen LogP contribution in [0, 0.1) is 12.8 Å². The van der Waals surface area contributed by atoms with Gasteiger partial charge in [0.15, 0.2) is 5.75 Å². The molecule has 0 unspecified atom stereocenters. The number of hydrogen-bond donors (Lipinski definition) is 1. The summed E-state index contributed by atoms with van der Waals surface area (Å²) in [5.74, 6) is 1.70. The van der Waals surface area contributed by atoms with Crippen LogP contribution in [0.3, 0.4) is 0 Å². The lowest BCUT2D eigenvalue weighted by Gasteiger charge is -2.23. The number of carbonyl (C=O) groups excluding carboxylic acids is 3. The van der Waals surface area contributed by atoms with Crippen LogP contribution >= 0.6 is 0 Å². The van der Waals surface area contributed by atoms with E-state index in [1.165, 1.54) is 5.56 Å². The summed E-state index contributed by atoms with van der Waals surface area (Å²) in [4.78, 5) is 44.5. The summed E-state index contributed by atoms with van der Waals surface area (Å²) in [6.07, 6.45) is 6.04. The molecule has 0 saturated heterocycles.